The summed E-state index contributed by atoms with van der Waals surface area (Å²) in [6.45, 7) is 2.11. The van der Waals surface area contributed by atoms with Gasteiger partial charge in [0, 0.05) is 17.9 Å². The first-order valence-corrected chi connectivity index (χ1v) is 7.48. The van der Waals surface area contributed by atoms with Crippen LogP contribution in [0.5, 0.6) is 0 Å². The molecule has 3 rings (SSSR count). The van der Waals surface area contributed by atoms with Crippen molar-refractivity contribution in [2.45, 2.75) is 56.9 Å². The molecule has 0 bridgehead atoms. The van der Waals surface area contributed by atoms with Gasteiger partial charge >= 0.3 is 6.15 Å². The number of aryl methyl sites for hydroxylation is 1. The van der Waals surface area contributed by atoms with Gasteiger partial charge in [0.1, 0.15) is 0 Å². The highest BCUT2D eigenvalue weighted by molar-refractivity contribution is 5.81. The molecule has 112 valence electrons. The average molecular weight is 287 g/mol. The minimum atomic E-state index is 0.0601. The maximum Gasteiger partial charge on any atom is 0.373 e. The van der Waals surface area contributed by atoms with Crippen molar-refractivity contribution >= 4 is 12.1 Å². The molecular formula is C17H21NO3. The Morgan fingerprint density at radius 1 is 1.10 bits per heavy atom. The number of nitrogens with one attached hydrogen (secondary N) is 1. The molecule has 4 nitrogen and oxygen atoms in total. The van der Waals surface area contributed by atoms with E-state index in [1.165, 1.54) is 30.4 Å². The number of hydrogen-bond donors (Lipinski definition) is 1. The molecule has 1 aliphatic heterocycles. The molecule has 1 atom stereocenters. The summed E-state index contributed by atoms with van der Waals surface area (Å²) in [7, 11) is 0. The zero-order valence-corrected chi connectivity index (χ0v) is 12.4. The van der Waals surface area contributed by atoms with Crippen molar-refractivity contribution in [2.75, 3.05) is 0 Å². The van der Waals surface area contributed by atoms with E-state index in [1.54, 1.807) is 0 Å². The minimum Gasteiger partial charge on any atom is -0.350 e. The molecule has 1 amide bonds. The number of carbonyl (C=O) groups excluding carboxylic acids is 3. The molecule has 1 unspecified atom stereocenters. The van der Waals surface area contributed by atoms with E-state index in [2.05, 4.69) is 36.5 Å². The van der Waals surface area contributed by atoms with Crippen LogP contribution in [0.25, 0.3) is 0 Å². The molecule has 0 aromatic heterocycles. The molecule has 1 heterocycles. The van der Waals surface area contributed by atoms with Gasteiger partial charge in [0.05, 0.1) is 0 Å². The molecule has 1 spiro atoms. The number of benzene rings is 1. The first-order valence-electron chi connectivity index (χ1n) is 7.48. The summed E-state index contributed by atoms with van der Waals surface area (Å²) < 4.78 is 0. The lowest BCUT2D eigenvalue weighted by atomic mass is 9.71. The summed E-state index contributed by atoms with van der Waals surface area (Å²) in [6.07, 6.45) is 7.04. The molecule has 1 saturated carbocycles. The van der Waals surface area contributed by atoms with Gasteiger partial charge in [-0.15, -0.1) is 0 Å². The van der Waals surface area contributed by atoms with Crippen molar-refractivity contribution in [1.29, 1.82) is 0 Å². The molecular weight excluding hydrogens is 266 g/mol. The minimum absolute atomic E-state index is 0.0601. The second-order valence-electron chi connectivity index (χ2n) is 6.02. The number of rotatable bonds is 1. The van der Waals surface area contributed by atoms with E-state index in [4.69, 9.17) is 9.59 Å². The van der Waals surface area contributed by atoms with Crippen LogP contribution in [0.4, 0.5) is 0 Å². The third kappa shape index (κ3) is 3.40. The van der Waals surface area contributed by atoms with E-state index in [0.29, 0.717) is 12.3 Å². The van der Waals surface area contributed by atoms with E-state index < -0.39 is 0 Å². The quantitative estimate of drug-likeness (QED) is 0.863. The maximum absolute atomic E-state index is 11.9. The Balaban J connectivity index is 0.000000497. The van der Waals surface area contributed by atoms with Gasteiger partial charge in [-0.05, 0) is 25.3 Å². The Bertz CT molecular complexity index is 523. The SMILES string of the molecule is Cc1ccc(C2CC(=O)NC23CCCCC3)cc1.O=C=O. The standard InChI is InChI=1S/C16H21NO.CO2/c1-12-5-7-13(8-6-12)14-11-15(18)17-16(14)9-3-2-4-10-16;2-1-3/h5-8,14H,2-4,9-11H2,1H3,(H,17,18);. The van der Waals surface area contributed by atoms with Gasteiger partial charge in [-0.1, -0.05) is 49.1 Å². The van der Waals surface area contributed by atoms with Gasteiger partial charge in [0.15, 0.2) is 0 Å². The first-order chi connectivity index (χ1) is 10.1. The van der Waals surface area contributed by atoms with E-state index in [1.807, 2.05) is 0 Å². The Kier molecular flexibility index (Phi) is 4.92. The fourth-order valence-electron chi connectivity index (χ4n) is 3.69. The third-order valence-electron chi connectivity index (χ3n) is 4.67. The lowest BCUT2D eigenvalue weighted by Crippen LogP contribution is -2.46. The van der Waals surface area contributed by atoms with Crippen LogP contribution in [0, 0.1) is 6.92 Å². The topological polar surface area (TPSA) is 63.2 Å². The van der Waals surface area contributed by atoms with Crippen LogP contribution in [0.15, 0.2) is 24.3 Å². The van der Waals surface area contributed by atoms with Crippen molar-refractivity contribution in [3.63, 3.8) is 0 Å². The molecule has 2 aliphatic rings. The van der Waals surface area contributed by atoms with Gasteiger partial charge in [0.2, 0.25) is 5.91 Å². The van der Waals surface area contributed by atoms with Crippen LogP contribution in [-0.2, 0) is 14.4 Å². The summed E-state index contributed by atoms with van der Waals surface area (Å²) in [6, 6.07) is 8.73. The van der Waals surface area contributed by atoms with Crippen molar-refractivity contribution in [3.05, 3.63) is 35.4 Å². The second kappa shape index (κ2) is 6.68. The van der Waals surface area contributed by atoms with Gasteiger partial charge in [-0.3, -0.25) is 4.79 Å². The Morgan fingerprint density at radius 2 is 1.67 bits per heavy atom. The molecule has 1 N–H and O–H groups in total. The van der Waals surface area contributed by atoms with Crippen LogP contribution >= 0.6 is 0 Å². The molecule has 1 saturated heterocycles. The van der Waals surface area contributed by atoms with Gasteiger partial charge < -0.3 is 5.32 Å². The van der Waals surface area contributed by atoms with E-state index in [9.17, 15) is 4.79 Å². The largest absolute Gasteiger partial charge is 0.373 e. The monoisotopic (exact) mass is 287 g/mol. The van der Waals surface area contributed by atoms with Crippen LogP contribution in [0.1, 0.15) is 55.6 Å². The predicted octanol–water partition coefficient (Wildman–Crippen LogP) is 2.72. The van der Waals surface area contributed by atoms with Gasteiger partial charge in [-0.2, -0.15) is 9.59 Å². The summed E-state index contributed by atoms with van der Waals surface area (Å²) in [4.78, 5) is 28.1. The first kappa shape index (κ1) is 15.5. The summed E-state index contributed by atoms with van der Waals surface area (Å²) in [5.41, 5.74) is 2.68. The molecule has 0 radical (unpaired) electrons. The molecule has 21 heavy (non-hydrogen) atoms. The predicted molar refractivity (Wildman–Crippen MR) is 77.5 cm³/mol. The Morgan fingerprint density at radius 3 is 2.24 bits per heavy atom. The maximum atomic E-state index is 11.9. The van der Waals surface area contributed by atoms with Crippen LogP contribution in [0.2, 0.25) is 0 Å². The van der Waals surface area contributed by atoms with Gasteiger partial charge in [-0.25, -0.2) is 0 Å². The lowest BCUT2D eigenvalue weighted by molar-refractivity contribution is -0.191. The van der Waals surface area contributed by atoms with Crippen LogP contribution in [0.3, 0.4) is 0 Å². The van der Waals surface area contributed by atoms with Crippen molar-refractivity contribution in [1.82, 2.24) is 5.32 Å². The van der Waals surface area contributed by atoms with E-state index in [0.717, 1.165) is 12.8 Å². The highest BCUT2D eigenvalue weighted by Gasteiger charge is 2.47. The highest BCUT2D eigenvalue weighted by Crippen LogP contribution is 2.45. The van der Waals surface area contributed by atoms with Crippen molar-refractivity contribution in [2.24, 2.45) is 0 Å². The highest BCUT2D eigenvalue weighted by atomic mass is 16.2. The number of carbonyl (C=O) groups is 1. The van der Waals surface area contributed by atoms with Crippen molar-refractivity contribution < 1.29 is 14.4 Å². The molecule has 2 fully saturated rings. The molecule has 1 aliphatic carbocycles. The lowest BCUT2D eigenvalue weighted by Gasteiger charge is -2.38. The van der Waals surface area contributed by atoms with E-state index >= 15 is 0 Å². The molecule has 1 aromatic rings. The van der Waals surface area contributed by atoms with Crippen LogP contribution < -0.4 is 5.32 Å². The van der Waals surface area contributed by atoms with Crippen LogP contribution in [-0.4, -0.2) is 17.6 Å². The zero-order valence-electron chi connectivity index (χ0n) is 12.4. The number of amides is 1. The third-order valence-corrected chi connectivity index (χ3v) is 4.67. The smallest absolute Gasteiger partial charge is 0.350 e. The fraction of sp³-hybridized carbons (Fsp3) is 0.529. The zero-order chi connectivity index (χ0) is 15.3. The normalized spacial score (nSPS) is 22.9. The summed E-state index contributed by atoms with van der Waals surface area (Å²) in [5.74, 6) is 0.619. The summed E-state index contributed by atoms with van der Waals surface area (Å²) >= 11 is 0. The van der Waals surface area contributed by atoms with Crippen molar-refractivity contribution in [3.8, 4) is 0 Å². The fourth-order valence-corrected chi connectivity index (χ4v) is 3.69. The van der Waals surface area contributed by atoms with Gasteiger partial charge in [0.25, 0.3) is 0 Å². The summed E-state index contributed by atoms with van der Waals surface area (Å²) in [5, 5.41) is 3.29. The second-order valence-corrected chi connectivity index (χ2v) is 6.02. The Hall–Kier alpha value is -1.93. The average Bonchev–Trinajstić information content (AvgIpc) is 2.77. The molecule has 1 aromatic carbocycles. The Labute approximate surface area is 124 Å². The number of hydrogen-bond acceptors (Lipinski definition) is 3. The molecule has 4 heteroatoms. The van der Waals surface area contributed by atoms with E-state index in [-0.39, 0.29) is 17.6 Å².